The second-order valence-corrected chi connectivity index (χ2v) is 5.05. The van der Waals surface area contributed by atoms with Gasteiger partial charge in [0.15, 0.2) is 0 Å². The van der Waals surface area contributed by atoms with E-state index in [1.807, 2.05) is 11.4 Å². The molecule has 88 valence electrons. The number of halogens is 1. The summed E-state index contributed by atoms with van der Waals surface area (Å²) in [5.74, 6) is 0. The Labute approximate surface area is 110 Å². The number of anilines is 1. The normalized spacial score (nSPS) is 10.2. The molecule has 1 N–H and O–H groups in total. The molecule has 2 heterocycles. The quantitative estimate of drug-likeness (QED) is 0.693. The number of pyridine rings is 1. The standard InChI is InChI=1S/C10H8BrN3O2S/c11-7-2-4-17-10(7)6-13-8-1-3-12-5-9(8)14(15)16/h1-5H,6H2,(H,12,13). The molecular formula is C10H8BrN3O2S. The smallest absolute Gasteiger partial charge is 0.310 e. The minimum Gasteiger partial charge on any atom is -0.374 e. The number of rotatable bonds is 4. The highest BCUT2D eigenvalue weighted by Gasteiger charge is 2.13. The lowest BCUT2D eigenvalue weighted by Gasteiger charge is -2.05. The molecule has 0 bridgehead atoms. The van der Waals surface area contributed by atoms with Crippen LogP contribution in [0.1, 0.15) is 4.88 Å². The van der Waals surface area contributed by atoms with Crippen LogP contribution in [0.25, 0.3) is 0 Å². The van der Waals surface area contributed by atoms with Crippen LogP contribution in [0.2, 0.25) is 0 Å². The first-order valence-corrected chi connectivity index (χ1v) is 6.40. The van der Waals surface area contributed by atoms with E-state index < -0.39 is 4.92 Å². The van der Waals surface area contributed by atoms with Gasteiger partial charge in [0.05, 0.1) is 11.5 Å². The zero-order valence-corrected chi connectivity index (χ0v) is 11.0. The monoisotopic (exact) mass is 313 g/mol. The summed E-state index contributed by atoms with van der Waals surface area (Å²) in [6.07, 6.45) is 2.77. The fourth-order valence-electron chi connectivity index (χ4n) is 1.31. The van der Waals surface area contributed by atoms with Crippen molar-refractivity contribution in [1.82, 2.24) is 4.98 Å². The van der Waals surface area contributed by atoms with Crippen LogP contribution < -0.4 is 5.32 Å². The zero-order chi connectivity index (χ0) is 12.3. The second kappa shape index (κ2) is 5.24. The molecule has 0 aliphatic rings. The van der Waals surface area contributed by atoms with Crippen LogP contribution in [-0.4, -0.2) is 9.91 Å². The largest absolute Gasteiger partial charge is 0.374 e. The van der Waals surface area contributed by atoms with Gasteiger partial charge < -0.3 is 5.32 Å². The maximum atomic E-state index is 10.8. The minimum atomic E-state index is -0.446. The van der Waals surface area contributed by atoms with Crippen molar-refractivity contribution in [2.45, 2.75) is 6.54 Å². The van der Waals surface area contributed by atoms with E-state index in [0.717, 1.165) is 9.35 Å². The fraction of sp³-hybridized carbons (Fsp3) is 0.100. The van der Waals surface area contributed by atoms with Crippen LogP contribution >= 0.6 is 27.3 Å². The number of nitrogens with one attached hydrogen (secondary N) is 1. The second-order valence-electron chi connectivity index (χ2n) is 3.20. The molecule has 0 aromatic carbocycles. The first-order valence-electron chi connectivity index (χ1n) is 4.72. The third kappa shape index (κ3) is 2.80. The van der Waals surface area contributed by atoms with E-state index in [1.54, 1.807) is 17.4 Å². The van der Waals surface area contributed by atoms with Gasteiger partial charge in [-0.25, -0.2) is 0 Å². The van der Waals surface area contributed by atoms with Crippen molar-refractivity contribution in [1.29, 1.82) is 0 Å². The highest BCUT2D eigenvalue weighted by Crippen LogP contribution is 2.26. The number of nitrogens with zero attached hydrogens (tertiary/aromatic N) is 2. The number of thiophene rings is 1. The van der Waals surface area contributed by atoms with Crippen LogP contribution in [0.15, 0.2) is 34.4 Å². The van der Waals surface area contributed by atoms with E-state index in [0.29, 0.717) is 12.2 Å². The average Bonchev–Trinajstić information content (AvgIpc) is 2.72. The lowest BCUT2D eigenvalue weighted by molar-refractivity contribution is -0.384. The molecule has 2 rings (SSSR count). The van der Waals surface area contributed by atoms with E-state index in [-0.39, 0.29) is 5.69 Å². The Balaban J connectivity index is 2.14. The molecule has 17 heavy (non-hydrogen) atoms. The summed E-state index contributed by atoms with van der Waals surface area (Å²) in [5.41, 5.74) is 0.463. The highest BCUT2D eigenvalue weighted by atomic mass is 79.9. The zero-order valence-electron chi connectivity index (χ0n) is 8.59. The van der Waals surface area contributed by atoms with Gasteiger partial charge in [0.2, 0.25) is 0 Å². The number of nitro groups is 1. The van der Waals surface area contributed by atoms with Gasteiger partial charge in [0, 0.05) is 15.5 Å². The molecule has 0 aliphatic heterocycles. The van der Waals surface area contributed by atoms with Crippen molar-refractivity contribution < 1.29 is 4.92 Å². The number of aromatic nitrogens is 1. The van der Waals surface area contributed by atoms with Gasteiger partial charge in [-0.2, -0.15) is 0 Å². The average molecular weight is 314 g/mol. The number of hydrogen-bond acceptors (Lipinski definition) is 5. The summed E-state index contributed by atoms with van der Waals surface area (Å²) < 4.78 is 1.01. The number of hydrogen-bond donors (Lipinski definition) is 1. The Hall–Kier alpha value is -1.47. The summed E-state index contributed by atoms with van der Waals surface area (Å²) in [4.78, 5) is 15.2. The van der Waals surface area contributed by atoms with Crippen molar-refractivity contribution in [3.8, 4) is 0 Å². The summed E-state index contributed by atoms with van der Waals surface area (Å²) in [5, 5.41) is 15.8. The lowest BCUT2D eigenvalue weighted by atomic mass is 10.3. The van der Waals surface area contributed by atoms with Crippen LogP contribution in [0.3, 0.4) is 0 Å². The molecule has 0 spiro atoms. The predicted octanol–water partition coefficient (Wildman–Crippen LogP) is 3.43. The van der Waals surface area contributed by atoms with E-state index in [9.17, 15) is 10.1 Å². The van der Waals surface area contributed by atoms with E-state index in [1.165, 1.54) is 12.4 Å². The Morgan fingerprint density at radius 3 is 3.00 bits per heavy atom. The van der Waals surface area contributed by atoms with Gasteiger partial charge in [-0.15, -0.1) is 11.3 Å². The summed E-state index contributed by atoms with van der Waals surface area (Å²) in [7, 11) is 0. The van der Waals surface area contributed by atoms with Gasteiger partial charge in [0.1, 0.15) is 11.9 Å². The van der Waals surface area contributed by atoms with Gasteiger partial charge in [0.25, 0.3) is 0 Å². The molecule has 5 nitrogen and oxygen atoms in total. The summed E-state index contributed by atoms with van der Waals surface area (Å²) >= 11 is 5.00. The van der Waals surface area contributed by atoms with Crippen LogP contribution in [-0.2, 0) is 6.54 Å². The molecule has 7 heteroatoms. The summed E-state index contributed by atoms with van der Waals surface area (Å²) in [6, 6.07) is 3.54. The molecule has 0 amide bonds. The molecule has 0 saturated heterocycles. The lowest BCUT2D eigenvalue weighted by Crippen LogP contribution is -2.02. The SMILES string of the molecule is O=[N+]([O-])c1cnccc1NCc1sccc1Br. The van der Waals surface area contributed by atoms with Crippen LogP contribution in [0.4, 0.5) is 11.4 Å². The van der Waals surface area contributed by atoms with E-state index >= 15 is 0 Å². The van der Waals surface area contributed by atoms with E-state index in [4.69, 9.17) is 0 Å². The van der Waals surface area contributed by atoms with Gasteiger partial charge >= 0.3 is 5.69 Å². The molecule has 0 unspecified atom stereocenters. The van der Waals surface area contributed by atoms with Crippen molar-refractivity contribution in [3.63, 3.8) is 0 Å². The summed E-state index contributed by atoms with van der Waals surface area (Å²) in [6.45, 7) is 0.545. The van der Waals surface area contributed by atoms with Crippen molar-refractivity contribution in [2.75, 3.05) is 5.32 Å². The third-order valence-corrected chi connectivity index (χ3v) is 4.05. The fourth-order valence-corrected chi connectivity index (χ4v) is 2.74. The Kier molecular flexibility index (Phi) is 3.70. The first-order chi connectivity index (χ1) is 8.18. The Morgan fingerprint density at radius 2 is 2.35 bits per heavy atom. The predicted molar refractivity (Wildman–Crippen MR) is 70.2 cm³/mol. The van der Waals surface area contributed by atoms with Crippen LogP contribution in [0, 0.1) is 10.1 Å². The first kappa shape index (κ1) is 12.0. The Morgan fingerprint density at radius 1 is 1.53 bits per heavy atom. The maximum absolute atomic E-state index is 10.8. The minimum absolute atomic E-state index is 0.0137. The molecule has 2 aromatic heterocycles. The van der Waals surface area contributed by atoms with Crippen LogP contribution in [0.5, 0.6) is 0 Å². The molecular weight excluding hydrogens is 306 g/mol. The van der Waals surface area contributed by atoms with Gasteiger partial charge in [-0.1, -0.05) is 0 Å². The molecule has 0 radical (unpaired) electrons. The molecule has 0 saturated carbocycles. The topological polar surface area (TPSA) is 68.1 Å². The maximum Gasteiger partial charge on any atom is 0.310 e. The van der Waals surface area contributed by atoms with Crippen molar-refractivity contribution in [2.24, 2.45) is 0 Å². The Bertz CT molecular complexity index is 544. The molecule has 0 aliphatic carbocycles. The van der Waals surface area contributed by atoms with E-state index in [2.05, 4.69) is 26.2 Å². The molecule has 0 fully saturated rings. The molecule has 0 atom stereocenters. The third-order valence-electron chi connectivity index (χ3n) is 2.13. The van der Waals surface area contributed by atoms with Gasteiger partial charge in [-0.05, 0) is 33.4 Å². The van der Waals surface area contributed by atoms with Crippen molar-refractivity contribution in [3.05, 3.63) is 49.4 Å². The molecule has 2 aromatic rings. The highest BCUT2D eigenvalue weighted by molar-refractivity contribution is 9.10. The van der Waals surface area contributed by atoms with Gasteiger partial charge in [-0.3, -0.25) is 15.1 Å². The van der Waals surface area contributed by atoms with Crippen molar-refractivity contribution >= 4 is 38.6 Å².